The topological polar surface area (TPSA) is 123 Å². The molecule has 1 rings (SSSR count). The van der Waals surface area contributed by atoms with Crippen LogP contribution < -0.4 is 5.32 Å². The van der Waals surface area contributed by atoms with E-state index in [0.717, 1.165) is 12.8 Å². The summed E-state index contributed by atoms with van der Waals surface area (Å²) in [4.78, 5) is 14.6. The minimum absolute atomic E-state index is 0.0489. The van der Waals surface area contributed by atoms with E-state index in [2.05, 4.69) is 15.3 Å². The fraction of sp³-hybridized carbons (Fsp3) is 0.824. The van der Waals surface area contributed by atoms with Crippen LogP contribution in [0.25, 0.3) is 10.4 Å². The predicted molar refractivity (Wildman–Crippen MR) is 103 cm³/mol. The summed E-state index contributed by atoms with van der Waals surface area (Å²) in [6, 6.07) is -1.22. The monoisotopic (exact) mass is 402 g/mol. The van der Waals surface area contributed by atoms with E-state index < -0.39 is 25.8 Å². The lowest BCUT2D eigenvalue weighted by atomic mass is 9.93. The zero-order valence-electron chi connectivity index (χ0n) is 16.8. The van der Waals surface area contributed by atoms with Crippen molar-refractivity contribution in [1.29, 1.82) is 0 Å². The van der Waals surface area contributed by atoms with Gasteiger partial charge >= 0.3 is 7.60 Å². The molecule has 1 N–H and O–H groups in total. The van der Waals surface area contributed by atoms with Crippen molar-refractivity contribution < 1.29 is 23.1 Å². The summed E-state index contributed by atoms with van der Waals surface area (Å²) in [7, 11) is -3.53. The van der Waals surface area contributed by atoms with Crippen LogP contribution in [0, 0.1) is 0 Å². The summed E-state index contributed by atoms with van der Waals surface area (Å²) in [5, 5.41) is 7.05. The van der Waals surface area contributed by atoms with Gasteiger partial charge in [-0.25, -0.2) is 0 Å². The molecule has 0 aromatic rings. The first-order chi connectivity index (χ1) is 12.8. The van der Waals surface area contributed by atoms with E-state index in [9.17, 15) is 9.36 Å². The first kappa shape index (κ1) is 23.7. The van der Waals surface area contributed by atoms with Crippen molar-refractivity contribution in [3.8, 4) is 0 Å². The standard InChI is InChI=1S/C17H31N4O5P/c1-6-13(7-2)26-16-11-14(27(23,24-8-3)25-9-4)10-15(20-21-18)17(16)19-12(5)22/h11,13,15-17H,6-10H2,1-5H3,(H,19,22). The number of ether oxygens (including phenoxy) is 1. The summed E-state index contributed by atoms with van der Waals surface area (Å²) in [6.45, 7) is 9.31. The second-order valence-corrected chi connectivity index (χ2v) is 8.32. The molecule has 1 aliphatic carbocycles. The van der Waals surface area contributed by atoms with Crippen LogP contribution in [0.1, 0.15) is 53.9 Å². The Bertz CT molecular complexity index is 606. The maximum Gasteiger partial charge on any atom is 0.357 e. The van der Waals surface area contributed by atoms with Gasteiger partial charge in [-0.3, -0.25) is 9.36 Å². The molecule has 1 amide bonds. The lowest BCUT2D eigenvalue weighted by Crippen LogP contribution is -2.52. The average molecular weight is 402 g/mol. The van der Waals surface area contributed by atoms with Crippen LogP contribution in [0.4, 0.5) is 0 Å². The summed E-state index contributed by atoms with van der Waals surface area (Å²) < 4.78 is 30.3. The Kier molecular flexibility index (Phi) is 10.1. The van der Waals surface area contributed by atoms with Crippen LogP contribution in [0.15, 0.2) is 16.5 Å². The minimum Gasteiger partial charge on any atom is -0.369 e. The Morgan fingerprint density at radius 1 is 1.33 bits per heavy atom. The molecule has 1 aliphatic rings. The summed E-state index contributed by atoms with van der Waals surface area (Å²) >= 11 is 0. The number of rotatable bonds is 11. The van der Waals surface area contributed by atoms with Gasteiger partial charge in [0.1, 0.15) is 0 Å². The number of carbonyl (C=O) groups excluding carboxylic acids is 1. The Morgan fingerprint density at radius 3 is 2.37 bits per heavy atom. The van der Waals surface area contributed by atoms with Crippen molar-refractivity contribution in [1.82, 2.24) is 5.32 Å². The zero-order valence-corrected chi connectivity index (χ0v) is 17.6. The van der Waals surface area contributed by atoms with Crippen LogP contribution in [0.5, 0.6) is 0 Å². The molecule has 0 bridgehead atoms. The molecular weight excluding hydrogens is 371 g/mol. The van der Waals surface area contributed by atoms with Crippen molar-refractivity contribution in [2.75, 3.05) is 13.2 Å². The van der Waals surface area contributed by atoms with Crippen LogP contribution >= 0.6 is 7.60 Å². The molecule has 0 heterocycles. The second-order valence-electron chi connectivity index (χ2n) is 6.23. The van der Waals surface area contributed by atoms with E-state index in [1.807, 2.05) is 13.8 Å². The summed E-state index contributed by atoms with van der Waals surface area (Å²) in [5.41, 5.74) is 8.98. The Balaban J connectivity index is 3.37. The number of hydrogen-bond donors (Lipinski definition) is 1. The highest BCUT2D eigenvalue weighted by molar-refractivity contribution is 7.58. The highest BCUT2D eigenvalue weighted by atomic mass is 31.2. The van der Waals surface area contributed by atoms with Gasteiger partial charge in [0.05, 0.1) is 37.5 Å². The third-order valence-electron chi connectivity index (χ3n) is 4.32. The number of nitrogens with zero attached hydrogens (tertiary/aromatic N) is 3. The molecule has 10 heteroatoms. The van der Waals surface area contributed by atoms with E-state index >= 15 is 0 Å². The van der Waals surface area contributed by atoms with Crippen molar-refractivity contribution in [3.05, 3.63) is 21.8 Å². The number of amides is 1. The molecular formula is C17H31N4O5P. The van der Waals surface area contributed by atoms with Gasteiger partial charge in [-0.15, -0.1) is 0 Å². The van der Waals surface area contributed by atoms with E-state index in [-0.39, 0.29) is 31.6 Å². The second kappa shape index (κ2) is 11.5. The third-order valence-corrected chi connectivity index (χ3v) is 6.55. The first-order valence-electron chi connectivity index (χ1n) is 9.42. The summed E-state index contributed by atoms with van der Waals surface area (Å²) in [5.74, 6) is -0.258. The van der Waals surface area contributed by atoms with Gasteiger partial charge in [0.2, 0.25) is 5.91 Å². The lowest BCUT2D eigenvalue weighted by Gasteiger charge is -2.38. The van der Waals surface area contributed by atoms with Gasteiger partial charge in [-0.2, -0.15) is 0 Å². The van der Waals surface area contributed by atoms with Gasteiger partial charge in [0.25, 0.3) is 0 Å². The maximum absolute atomic E-state index is 13.2. The zero-order chi connectivity index (χ0) is 20.4. The van der Waals surface area contributed by atoms with Crippen LogP contribution in [-0.4, -0.2) is 43.4 Å². The fourth-order valence-corrected chi connectivity index (χ4v) is 4.91. The third kappa shape index (κ3) is 6.63. The van der Waals surface area contributed by atoms with E-state index in [1.54, 1.807) is 19.9 Å². The Hall–Kier alpha value is -1.37. The average Bonchev–Trinajstić information content (AvgIpc) is 2.61. The van der Waals surface area contributed by atoms with Gasteiger partial charge in [0.15, 0.2) is 0 Å². The van der Waals surface area contributed by atoms with E-state index in [0.29, 0.717) is 5.31 Å². The molecule has 0 aromatic heterocycles. The van der Waals surface area contributed by atoms with Gasteiger partial charge in [0, 0.05) is 17.1 Å². The SMILES string of the molecule is CCOP(=O)(OCC)C1=CC(OC(CC)CC)C(NC(C)=O)C(N=[N+]=[N-])C1. The van der Waals surface area contributed by atoms with Crippen LogP contribution in [0.2, 0.25) is 0 Å². The highest BCUT2D eigenvalue weighted by Crippen LogP contribution is 2.59. The fourth-order valence-electron chi connectivity index (χ4n) is 3.09. The van der Waals surface area contributed by atoms with Crippen molar-refractivity contribution >= 4 is 13.5 Å². The van der Waals surface area contributed by atoms with Crippen LogP contribution in [-0.2, 0) is 23.1 Å². The molecule has 3 unspecified atom stereocenters. The van der Waals surface area contributed by atoms with Gasteiger partial charge in [-0.05, 0) is 44.7 Å². The number of carbonyl (C=O) groups is 1. The molecule has 154 valence electrons. The molecule has 0 fully saturated rings. The van der Waals surface area contributed by atoms with Crippen molar-refractivity contribution in [3.63, 3.8) is 0 Å². The smallest absolute Gasteiger partial charge is 0.357 e. The van der Waals surface area contributed by atoms with Crippen molar-refractivity contribution in [2.24, 2.45) is 5.11 Å². The molecule has 0 radical (unpaired) electrons. The molecule has 9 nitrogen and oxygen atoms in total. The normalized spacial score (nSPS) is 22.9. The molecule has 0 saturated carbocycles. The lowest BCUT2D eigenvalue weighted by molar-refractivity contribution is -0.121. The molecule has 0 aromatic carbocycles. The number of hydrogen-bond acceptors (Lipinski definition) is 6. The molecule has 0 saturated heterocycles. The summed E-state index contributed by atoms with van der Waals surface area (Å²) in [6.07, 6.45) is 2.77. The minimum atomic E-state index is -3.53. The molecule has 0 spiro atoms. The first-order valence-corrected chi connectivity index (χ1v) is 11.0. The van der Waals surface area contributed by atoms with E-state index in [1.165, 1.54) is 6.92 Å². The number of azide groups is 1. The van der Waals surface area contributed by atoms with Crippen molar-refractivity contribution in [2.45, 2.75) is 78.2 Å². The molecule has 0 aliphatic heterocycles. The van der Waals surface area contributed by atoms with Crippen LogP contribution in [0.3, 0.4) is 0 Å². The molecule has 3 atom stereocenters. The largest absolute Gasteiger partial charge is 0.369 e. The highest BCUT2D eigenvalue weighted by Gasteiger charge is 2.41. The Labute approximate surface area is 161 Å². The number of nitrogens with one attached hydrogen (secondary N) is 1. The quantitative estimate of drug-likeness (QED) is 0.239. The van der Waals surface area contributed by atoms with Gasteiger partial charge < -0.3 is 19.1 Å². The van der Waals surface area contributed by atoms with E-state index in [4.69, 9.17) is 19.3 Å². The Morgan fingerprint density at radius 2 is 1.93 bits per heavy atom. The predicted octanol–water partition coefficient (Wildman–Crippen LogP) is 4.30. The molecule has 27 heavy (non-hydrogen) atoms. The maximum atomic E-state index is 13.2. The van der Waals surface area contributed by atoms with Gasteiger partial charge in [-0.1, -0.05) is 19.0 Å².